The molecule has 6 heteroatoms. The Morgan fingerprint density at radius 1 is 1.06 bits per heavy atom. The van der Waals surface area contributed by atoms with Crippen LogP contribution in [0.1, 0.15) is 40.4 Å². The lowest BCUT2D eigenvalue weighted by Gasteiger charge is -2.25. The molecule has 0 spiro atoms. The minimum atomic E-state index is -0.484. The first-order valence-electron chi connectivity index (χ1n) is 10.4. The average molecular weight is 418 g/mol. The van der Waals surface area contributed by atoms with Gasteiger partial charge in [-0.2, -0.15) is 0 Å². The molecular formula is C25H22O6. The van der Waals surface area contributed by atoms with Gasteiger partial charge in [0.15, 0.2) is 0 Å². The van der Waals surface area contributed by atoms with Crippen molar-refractivity contribution in [2.75, 3.05) is 13.2 Å². The second-order valence-corrected chi connectivity index (χ2v) is 7.83. The van der Waals surface area contributed by atoms with Crippen molar-refractivity contribution in [3.63, 3.8) is 0 Å². The van der Waals surface area contributed by atoms with Crippen LogP contribution < -0.4 is 19.8 Å². The molecule has 1 atom stereocenters. The van der Waals surface area contributed by atoms with E-state index in [-0.39, 0.29) is 18.1 Å². The van der Waals surface area contributed by atoms with Crippen LogP contribution in [0.25, 0.3) is 0 Å². The molecule has 0 aliphatic carbocycles. The maximum atomic E-state index is 12.6. The number of hydrogen-bond donors (Lipinski definition) is 0. The maximum absolute atomic E-state index is 12.6. The molecule has 2 aliphatic rings. The summed E-state index contributed by atoms with van der Waals surface area (Å²) in [5, 5.41) is 0. The lowest BCUT2D eigenvalue weighted by atomic mass is 9.87. The van der Waals surface area contributed by atoms with Gasteiger partial charge in [0.05, 0.1) is 25.2 Å². The molecule has 6 nitrogen and oxygen atoms in total. The standard InChI is InChI=1S/C25H22O6/c1-15-12-22-24(25(27)30-15)19(14-23(26)31-22)18-4-2-3-5-21(18)29-10-8-16-6-7-20-17(13-16)9-11-28-20/h2-7,12-13,19H,8-11,14H2,1H3/t19-/m0/s1. The fraction of sp³-hybridized carbons (Fsp3) is 0.280. The third kappa shape index (κ3) is 3.81. The van der Waals surface area contributed by atoms with Crippen LogP contribution in [0.3, 0.4) is 0 Å². The SMILES string of the molecule is Cc1cc2c(c(=O)o1)[C@H](c1ccccc1OCCc1ccc3c(c1)CCO3)CC(=O)O2. The van der Waals surface area contributed by atoms with E-state index in [1.54, 1.807) is 13.0 Å². The summed E-state index contributed by atoms with van der Waals surface area (Å²) in [5.74, 6) is 1.44. The first-order valence-corrected chi connectivity index (χ1v) is 10.4. The quantitative estimate of drug-likeness (QED) is 0.584. The van der Waals surface area contributed by atoms with Crippen molar-refractivity contribution in [1.82, 2.24) is 0 Å². The molecule has 2 aliphatic heterocycles. The van der Waals surface area contributed by atoms with Gasteiger partial charge in [0.1, 0.15) is 23.0 Å². The predicted octanol–water partition coefficient (Wildman–Crippen LogP) is 3.95. The number of ether oxygens (including phenoxy) is 3. The van der Waals surface area contributed by atoms with E-state index in [4.69, 9.17) is 18.6 Å². The number of para-hydroxylation sites is 1. The first kappa shape index (κ1) is 19.4. The highest BCUT2D eigenvalue weighted by atomic mass is 16.5. The Morgan fingerprint density at radius 2 is 1.94 bits per heavy atom. The van der Waals surface area contributed by atoms with Crippen molar-refractivity contribution in [2.45, 2.75) is 32.1 Å². The third-order valence-electron chi connectivity index (χ3n) is 5.71. The van der Waals surface area contributed by atoms with Crippen LogP contribution >= 0.6 is 0 Å². The van der Waals surface area contributed by atoms with Crippen molar-refractivity contribution < 1.29 is 23.4 Å². The van der Waals surface area contributed by atoms with Crippen molar-refractivity contribution in [3.05, 3.63) is 87.0 Å². The molecule has 0 saturated carbocycles. The zero-order valence-electron chi connectivity index (χ0n) is 17.2. The monoisotopic (exact) mass is 418 g/mol. The summed E-state index contributed by atoms with van der Waals surface area (Å²) in [6.45, 7) is 2.87. The summed E-state index contributed by atoms with van der Waals surface area (Å²) < 4.78 is 22.3. The minimum absolute atomic E-state index is 0.0615. The van der Waals surface area contributed by atoms with Crippen LogP contribution in [0.4, 0.5) is 0 Å². The molecular weight excluding hydrogens is 396 g/mol. The minimum Gasteiger partial charge on any atom is -0.493 e. The molecule has 2 aromatic carbocycles. The summed E-state index contributed by atoms with van der Waals surface area (Å²) in [6, 6.07) is 15.3. The molecule has 1 aromatic heterocycles. The predicted molar refractivity (Wildman–Crippen MR) is 113 cm³/mol. The molecule has 0 unspecified atom stereocenters. The molecule has 3 heterocycles. The van der Waals surface area contributed by atoms with Gasteiger partial charge in [-0.05, 0) is 30.2 Å². The van der Waals surface area contributed by atoms with Gasteiger partial charge in [0, 0.05) is 30.4 Å². The van der Waals surface area contributed by atoms with Gasteiger partial charge < -0.3 is 18.6 Å². The van der Waals surface area contributed by atoms with Crippen molar-refractivity contribution >= 4 is 5.97 Å². The van der Waals surface area contributed by atoms with E-state index >= 15 is 0 Å². The van der Waals surface area contributed by atoms with E-state index in [1.165, 1.54) is 11.1 Å². The molecule has 5 rings (SSSR count). The summed E-state index contributed by atoms with van der Waals surface area (Å²) in [7, 11) is 0. The summed E-state index contributed by atoms with van der Waals surface area (Å²) in [6.07, 6.45) is 1.74. The van der Waals surface area contributed by atoms with Crippen molar-refractivity contribution in [2.24, 2.45) is 0 Å². The Hall–Kier alpha value is -3.54. The number of carbonyl (C=O) groups excluding carboxylic acids is 1. The molecule has 158 valence electrons. The van der Waals surface area contributed by atoms with E-state index in [2.05, 4.69) is 12.1 Å². The molecule has 31 heavy (non-hydrogen) atoms. The Morgan fingerprint density at radius 3 is 2.84 bits per heavy atom. The van der Waals surface area contributed by atoms with Gasteiger partial charge >= 0.3 is 11.6 Å². The fourth-order valence-corrected chi connectivity index (χ4v) is 4.26. The smallest absolute Gasteiger partial charge is 0.343 e. The van der Waals surface area contributed by atoms with Crippen LogP contribution in [-0.4, -0.2) is 19.2 Å². The Balaban J connectivity index is 1.39. The molecule has 3 aromatic rings. The van der Waals surface area contributed by atoms with Gasteiger partial charge in [-0.3, -0.25) is 4.79 Å². The summed E-state index contributed by atoms with van der Waals surface area (Å²) in [5.41, 5.74) is 3.07. The van der Waals surface area contributed by atoms with Crippen LogP contribution in [0.2, 0.25) is 0 Å². The number of carbonyl (C=O) groups is 1. The number of rotatable bonds is 5. The largest absolute Gasteiger partial charge is 0.493 e. The van der Waals surface area contributed by atoms with Crippen molar-refractivity contribution in [3.8, 4) is 17.2 Å². The molecule has 0 amide bonds. The van der Waals surface area contributed by atoms with Gasteiger partial charge in [0.2, 0.25) is 0 Å². The lowest BCUT2D eigenvalue weighted by molar-refractivity contribution is -0.135. The topological polar surface area (TPSA) is 75.0 Å². The van der Waals surface area contributed by atoms with Crippen molar-refractivity contribution in [1.29, 1.82) is 0 Å². The average Bonchev–Trinajstić information content (AvgIpc) is 3.21. The van der Waals surface area contributed by atoms with Gasteiger partial charge in [-0.15, -0.1) is 0 Å². The normalized spacial score (nSPS) is 16.8. The summed E-state index contributed by atoms with van der Waals surface area (Å²) in [4.78, 5) is 24.8. The van der Waals surface area contributed by atoms with Crippen LogP contribution in [0, 0.1) is 6.92 Å². The van der Waals surface area contributed by atoms with Gasteiger partial charge in [-0.1, -0.05) is 30.3 Å². The molecule has 0 N–H and O–H groups in total. The molecule has 0 radical (unpaired) electrons. The number of hydrogen-bond acceptors (Lipinski definition) is 6. The van der Waals surface area contributed by atoms with E-state index < -0.39 is 11.5 Å². The van der Waals surface area contributed by atoms with Gasteiger partial charge in [0.25, 0.3) is 0 Å². The highest BCUT2D eigenvalue weighted by Gasteiger charge is 2.34. The van der Waals surface area contributed by atoms with Crippen LogP contribution in [-0.2, 0) is 17.6 Å². The Bertz CT molecular complexity index is 1210. The van der Waals surface area contributed by atoms with E-state index in [0.29, 0.717) is 23.7 Å². The number of aryl methyl sites for hydroxylation is 1. The third-order valence-corrected chi connectivity index (χ3v) is 5.71. The second-order valence-electron chi connectivity index (χ2n) is 7.83. The number of fused-ring (bicyclic) bond motifs is 2. The Kier molecular flexibility index (Phi) is 4.98. The maximum Gasteiger partial charge on any atom is 0.343 e. The molecule has 0 fully saturated rings. The van der Waals surface area contributed by atoms with E-state index in [1.807, 2.05) is 30.3 Å². The summed E-state index contributed by atoms with van der Waals surface area (Å²) >= 11 is 0. The molecule has 0 saturated heterocycles. The highest BCUT2D eigenvalue weighted by Crippen LogP contribution is 2.40. The van der Waals surface area contributed by atoms with Gasteiger partial charge in [-0.25, -0.2) is 4.79 Å². The van der Waals surface area contributed by atoms with E-state index in [0.717, 1.165) is 30.8 Å². The number of benzene rings is 2. The van der Waals surface area contributed by atoms with Crippen LogP contribution in [0.15, 0.2) is 57.7 Å². The second kappa shape index (κ2) is 7.95. The zero-order valence-corrected chi connectivity index (χ0v) is 17.2. The first-order chi connectivity index (χ1) is 15.1. The van der Waals surface area contributed by atoms with Crippen LogP contribution in [0.5, 0.6) is 17.2 Å². The Labute approximate surface area is 179 Å². The lowest BCUT2D eigenvalue weighted by Crippen LogP contribution is -2.27. The molecule has 0 bridgehead atoms. The fourth-order valence-electron chi connectivity index (χ4n) is 4.26. The zero-order chi connectivity index (χ0) is 21.4. The highest BCUT2D eigenvalue weighted by molar-refractivity contribution is 5.77. The van der Waals surface area contributed by atoms with E-state index in [9.17, 15) is 9.59 Å². The number of esters is 1.